The predicted molar refractivity (Wildman–Crippen MR) is 76.4 cm³/mol. The number of hydrogen-bond acceptors (Lipinski definition) is 2. The van der Waals surface area contributed by atoms with Gasteiger partial charge in [0, 0.05) is 12.6 Å². The molecule has 0 amide bonds. The lowest BCUT2D eigenvalue weighted by Crippen LogP contribution is -2.47. The van der Waals surface area contributed by atoms with Crippen LogP contribution < -0.4 is 5.32 Å². The van der Waals surface area contributed by atoms with Crippen molar-refractivity contribution >= 4 is 0 Å². The minimum absolute atomic E-state index is 0.182. The van der Waals surface area contributed by atoms with Crippen molar-refractivity contribution in [1.82, 2.24) is 5.32 Å². The second-order valence-electron chi connectivity index (χ2n) is 7.24. The fraction of sp³-hybridized carbons (Fsp3) is 1.00. The Bertz CT molecular complexity index is 200. The van der Waals surface area contributed by atoms with Crippen molar-refractivity contribution in [2.75, 3.05) is 13.7 Å². The second-order valence-corrected chi connectivity index (χ2v) is 7.24. The first kappa shape index (κ1) is 16.9. The van der Waals surface area contributed by atoms with Crippen molar-refractivity contribution in [3.63, 3.8) is 0 Å². The molecule has 0 aromatic heterocycles. The zero-order chi connectivity index (χ0) is 13.7. The zero-order valence-electron chi connectivity index (χ0n) is 13.2. The third-order valence-corrected chi connectivity index (χ3v) is 3.14. The van der Waals surface area contributed by atoms with E-state index in [1.165, 1.54) is 12.8 Å². The van der Waals surface area contributed by atoms with Crippen LogP contribution in [0.5, 0.6) is 0 Å². The van der Waals surface area contributed by atoms with Crippen LogP contribution in [0.15, 0.2) is 0 Å². The summed E-state index contributed by atoms with van der Waals surface area (Å²) >= 11 is 0. The Morgan fingerprint density at radius 3 is 1.88 bits per heavy atom. The van der Waals surface area contributed by atoms with E-state index in [1.54, 1.807) is 0 Å². The number of hydrogen-bond donors (Lipinski definition) is 1. The molecule has 0 aliphatic heterocycles. The molecule has 0 radical (unpaired) electrons. The maximum Gasteiger partial charge on any atom is 0.0775 e. The fourth-order valence-corrected chi connectivity index (χ4v) is 2.18. The number of ether oxygens (including phenoxy) is 1. The summed E-state index contributed by atoms with van der Waals surface area (Å²) in [5, 5.41) is 3.44. The largest absolute Gasteiger partial charge is 0.376 e. The summed E-state index contributed by atoms with van der Waals surface area (Å²) in [5.74, 6) is 0. The Kier molecular flexibility index (Phi) is 6.71. The standard InChI is InChI=1S/C15H33NO/c1-9-17-13(15(5,6)7)12(16-8)10-11-14(2,3)4/h12-13,16H,9-11H2,1-8H3. The van der Waals surface area contributed by atoms with Crippen LogP contribution in [0.1, 0.15) is 61.3 Å². The Labute approximate surface area is 109 Å². The lowest BCUT2D eigenvalue weighted by atomic mass is 9.80. The van der Waals surface area contributed by atoms with Crippen LogP contribution >= 0.6 is 0 Å². The molecule has 2 heteroatoms. The van der Waals surface area contributed by atoms with Gasteiger partial charge in [0.1, 0.15) is 0 Å². The molecule has 2 atom stereocenters. The van der Waals surface area contributed by atoms with Crippen molar-refractivity contribution in [3.8, 4) is 0 Å². The summed E-state index contributed by atoms with van der Waals surface area (Å²) in [4.78, 5) is 0. The molecule has 17 heavy (non-hydrogen) atoms. The molecule has 0 rings (SSSR count). The molecule has 0 aromatic carbocycles. The van der Waals surface area contributed by atoms with Crippen LogP contribution in [0.4, 0.5) is 0 Å². The van der Waals surface area contributed by atoms with E-state index in [1.807, 2.05) is 7.05 Å². The summed E-state index contributed by atoms with van der Waals surface area (Å²) in [6.45, 7) is 16.5. The molecule has 0 heterocycles. The van der Waals surface area contributed by atoms with E-state index in [9.17, 15) is 0 Å². The number of nitrogens with one attached hydrogen (secondary N) is 1. The first-order valence-corrected chi connectivity index (χ1v) is 6.90. The Hall–Kier alpha value is -0.0800. The average Bonchev–Trinajstić information content (AvgIpc) is 2.13. The van der Waals surface area contributed by atoms with Crippen LogP contribution in [0, 0.1) is 10.8 Å². The molecule has 2 nitrogen and oxygen atoms in total. The van der Waals surface area contributed by atoms with Gasteiger partial charge in [-0.15, -0.1) is 0 Å². The van der Waals surface area contributed by atoms with E-state index in [4.69, 9.17) is 4.74 Å². The Morgan fingerprint density at radius 1 is 1.06 bits per heavy atom. The highest BCUT2D eigenvalue weighted by atomic mass is 16.5. The van der Waals surface area contributed by atoms with Crippen molar-refractivity contribution in [3.05, 3.63) is 0 Å². The van der Waals surface area contributed by atoms with Gasteiger partial charge in [-0.2, -0.15) is 0 Å². The molecule has 104 valence electrons. The van der Waals surface area contributed by atoms with Gasteiger partial charge in [0.2, 0.25) is 0 Å². The van der Waals surface area contributed by atoms with E-state index < -0.39 is 0 Å². The molecule has 0 bridgehead atoms. The van der Waals surface area contributed by atoms with Gasteiger partial charge in [-0.05, 0) is 37.6 Å². The molecule has 0 aromatic rings. The first-order chi connectivity index (χ1) is 7.61. The predicted octanol–water partition coefficient (Wildman–Crippen LogP) is 3.85. The minimum atomic E-state index is 0.182. The molecule has 0 fully saturated rings. The molecule has 0 aliphatic rings. The average molecular weight is 243 g/mol. The number of rotatable bonds is 6. The highest BCUT2D eigenvalue weighted by Gasteiger charge is 2.32. The van der Waals surface area contributed by atoms with Crippen molar-refractivity contribution in [2.45, 2.75) is 73.5 Å². The first-order valence-electron chi connectivity index (χ1n) is 6.90. The lowest BCUT2D eigenvalue weighted by Gasteiger charge is -2.37. The van der Waals surface area contributed by atoms with Gasteiger partial charge >= 0.3 is 0 Å². The molecular formula is C15H33NO. The number of likely N-dealkylation sites (N-methyl/N-ethyl adjacent to an activating group) is 1. The summed E-state index contributed by atoms with van der Waals surface area (Å²) in [7, 11) is 2.05. The third-order valence-electron chi connectivity index (χ3n) is 3.14. The third kappa shape index (κ3) is 7.05. The van der Waals surface area contributed by atoms with Crippen LogP contribution in [-0.2, 0) is 4.74 Å². The fourth-order valence-electron chi connectivity index (χ4n) is 2.18. The minimum Gasteiger partial charge on any atom is -0.376 e. The smallest absolute Gasteiger partial charge is 0.0775 e. The topological polar surface area (TPSA) is 21.3 Å². The highest BCUT2D eigenvalue weighted by Crippen LogP contribution is 2.29. The van der Waals surface area contributed by atoms with Crippen LogP contribution in [-0.4, -0.2) is 25.8 Å². The van der Waals surface area contributed by atoms with E-state index in [0.29, 0.717) is 11.5 Å². The van der Waals surface area contributed by atoms with E-state index in [-0.39, 0.29) is 11.5 Å². The maximum atomic E-state index is 5.96. The van der Waals surface area contributed by atoms with Crippen molar-refractivity contribution in [1.29, 1.82) is 0 Å². The normalized spacial score (nSPS) is 16.9. The highest BCUT2D eigenvalue weighted by molar-refractivity contribution is 4.86. The molecule has 2 unspecified atom stereocenters. The van der Waals surface area contributed by atoms with Gasteiger partial charge in [0.15, 0.2) is 0 Å². The SMILES string of the molecule is CCOC(C(CCC(C)(C)C)NC)C(C)(C)C. The molecule has 0 spiro atoms. The summed E-state index contributed by atoms with van der Waals surface area (Å²) < 4.78 is 5.96. The molecule has 0 aliphatic carbocycles. The monoisotopic (exact) mass is 243 g/mol. The van der Waals surface area contributed by atoms with E-state index in [2.05, 4.69) is 53.8 Å². The van der Waals surface area contributed by atoms with Gasteiger partial charge in [-0.3, -0.25) is 0 Å². The summed E-state index contributed by atoms with van der Waals surface area (Å²) in [6, 6.07) is 0.439. The molecule has 0 saturated heterocycles. The van der Waals surface area contributed by atoms with Crippen molar-refractivity contribution in [2.24, 2.45) is 10.8 Å². The van der Waals surface area contributed by atoms with Gasteiger partial charge in [-0.25, -0.2) is 0 Å². The second kappa shape index (κ2) is 6.75. The van der Waals surface area contributed by atoms with E-state index >= 15 is 0 Å². The Morgan fingerprint density at radius 2 is 1.59 bits per heavy atom. The van der Waals surface area contributed by atoms with Gasteiger partial charge in [0.25, 0.3) is 0 Å². The van der Waals surface area contributed by atoms with Crippen molar-refractivity contribution < 1.29 is 4.74 Å². The van der Waals surface area contributed by atoms with E-state index in [0.717, 1.165) is 6.61 Å². The Balaban J connectivity index is 4.57. The molecule has 1 N–H and O–H groups in total. The van der Waals surface area contributed by atoms with Gasteiger partial charge in [-0.1, -0.05) is 41.5 Å². The van der Waals surface area contributed by atoms with Crippen LogP contribution in [0.25, 0.3) is 0 Å². The van der Waals surface area contributed by atoms with Crippen LogP contribution in [0.2, 0.25) is 0 Å². The zero-order valence-corrected chi connectivity index (χ0v) is 13.2. The lowest BCUT2D eigenvalue weighted by molar-refractivity contribution is -0.0376. The van der Waals surface area contributed by atoms with Crippen LogP contribution in [0.3, 0.4) is 0 Å². The van der Waals surface area contributed by atoms with Gasteiger partial charge < -0.3 is 10.1 Å². The van der Waals surface area contributed by atoms with Gasteiger partial charge in [0.05, 0.1) is 6.10 Å². The quantitative estimate of drug-likeness (QED) is 0.765. The molecule has 0 saturated carbocycles. The summed E-state index contributed by atoms with van der Waals surface area (Å²) in [6.07, 6.45) is 2.67. The molecular weight excluding hydrogens is 210 g/mol. The summed E-state index contributed by atoms with van der Waals surface area (Å²) in [5.41, 5.74) is 0.575. The maximum absolute atomic E-state index is 5.96.